The van der Waals surface area contributed by atoms with Crippen molar-refractivity contribution in [3.63, 3.8) is 0 Å². The smallest absolute Gasteiger partial charge is 0.462 e. The number of benzene rings is 1. The molecule has 0 aromatic heterocycles. The highest BCUT2D eigenvalue weighted by atomic mass is 35.5. The summed E-state index contributed by atoms with van der Waals surface area (Å²) in [5.74, 6) is -2.14. The number of carbonyl (C=O) groups excluding carboxylic acids is 2. The van der Waals surface area contributed by atoms with E-state index in [1.807, 2.05) is 0 Å². The second kappa shape index (κ2) is 7.35. The Hall–Kier alpha value is -1.96. The number of esters is 1. The van der Waals surface area contributed by atoms with Crippen molar-refractivity contribution in [2.45, 2.75) is 25.6 Å². The van der Waals surface area contributed by atoms with E-state index in [0.717, 1.165) is 18.2 Å². The van der Waals surface area contributed by atoms with Gasteiger partial charge in [-0.2, -0.15) is 0 Å². The van der Waals surface area contributed by atoms with Crippen LogP contribution >= 0.6 is 11.6 Å². The topological polar surface area (TPSA) is 64.6 Å². The Labute approximate surface area is 129 Å². The zero-order valence-electron chi connectivity index (χ0n) is 11.7. The maximum absolute atomic E-state index is 12.3. The van der Waals surface area contributed by atoms with Crippen molar-refractivity contribution in [2.24, 2.45) is 0 Å². The number of hydrogen-bond acceptors (Lipinski definition) is 4. The van der Waals surface area contributed by atoms with Crippen molar-refractivity contribution in [3.05, 3.63) is 23.8 Å². The second-order valence-electron chi connectivity index (χ2n) is 4.08. The van der Waals surface area contributed by atoms with Crippen LogP contribution in [0.15, 0.2) is 18.2 Å². The lowest BCUT2D eigenvalue weighted by atomic mass is 10.2. The van der Waals surface area contributed by atoms with E-state index in [-0.39, 0.29) is 17.9 Å². The van der Waals surface area contributed by atoms with Gasteiger partial charge in [0, 0.05) is 0 Å². The Balaban J connectivity index is 3.16. The lowest BCUT2D eigenvalue weighted by molar-refractivity contribution is -0.274. The van der Waals surface area contributed by atoms with E-state index in [9.17, 15) is 22.8 Å². The van der Waals surface area contributed by atoms with Crippen LogP contribution in [-0.4, -0.2) is 30.2 Å². The quantitative estimate of drug-likeness (QED) is 0.660. The van der Waals surface area contributed by atoms with E-state index in [1.54, 1.807) is 6.92 Å². The van der Waals surface area contributed by atoms with Gasteiger partial charge in [0.2, 0.25) is 5.91 Å². The molecule has 5 nitrogen and oxygen atoms in total. The number of amides is 1. The SMILES string of the molecule is CCOC(=O)c1ccc(OC(F)(F)F)c(NC(=O)[C@H](C)Cl)c1. The van der Waals surface area contributed by atoms with Crippen LogP contribution in [-0.2, 0) is 9.53 Å². The minimum absolute atomic E-state index is 0.0334. The van der Waals surface area contributed by atoms with Crippen LogP contribution in [0.3, 0.4) is 0 Å². The standard InChI is InChI=1S/C13H13ClF3NO4/c1-3-21-12(20)8-4-5-10(22-13(15,16)17)9(6-8)18-11(19)7(2)14/h4-7H,3H2,1-2H3,(H,18,19)/t7-/m0/s1. The summed E-state index contributed by atoms with van der Waals surface area (Å²) in [5.41, 5.74) is -0.366. The maximum atomic E-state index is 12.3. The van der Waals surface area contributed by atoms with Gasteiger partial charge in [-0.3, -0.25) is 4.79 Å². The highest BCUT2D eigenvalue weighted by Crippen LogP contribution is 2.31. The first-order valence-electron chi connectivity index (χ1n) is 6.16. The van der Waals surface area contributed by atoms with Crippen molar-refractivity contribution in [2.75, 3.05) is 11.9 Å². The average molecular weight is 340 g/mol. The summed E-state index contributed by atoms with van der Waals surface area (Å²) in [6.07, 6.45) is -4.95. The summed E-state index contributed by atoms with van der Waals surface area (Å²) in [4.78, 5) is 23.1. The van der Waals surface area contributed by atoms with E-state index >= 15 is 0 Å². The Morgan fingerprint density at radius 3 is 2.50 bits per heavy atom. The summed E-state index contributed by atoms with van der Waals surface area (Å²) in [5, 5.41) is 1.18. The van der Waals surface area contributed by atoms with Crippen molar-refractivity contribution >= 4 is 29.2 Å². The number of rotatable bonds is 5. The number of anilines is 1. The van der Waals surface area contributed by atoms with E-state index in [4.69, 9.17) is 16.3 Å². The molecule has 0 saturated carbocycles. The molecule has 0 spiro atoms. The lowest BCUT2D eigenvalue weighted by Crippen LogP contribution is -2.23. The maximum Gasteiger partial charge on any atom is 0.573 e. The fourth-order valence-electron chi connectivity index (χ4n) is 1.41. The Morgan fingerprint density at radius 1 is 1.36 bits per heavy atom. The predicted octanol–water partition coefficient (Wildman–Crippen LogP) is 3.33. The van der Waals surface area contributed by atoms with E-state index in [0.29, 0.717) is 0 Å². The fraction of sp³-hybridized carbons (Fsp3) is 0.385. The van der Waals surface area contributed by atoms with Gasteiger partial charge in [-0.05, 0) is 32.0 Å². The number of nitrogens with one attached hydrogen (secondary N) is 1. The third-order valence-corrected chi connectivity index (χ3v) is 2.53. The van der Waals surface area contributed by atoms with Crippen LogP contribution in [0.5, 0.6) is 5.75 Å². The largest absolute Gasteiger partial charge is 0.573 e. The third kappa shape index (κ3) is 5.44. The molecule has 0 radical (unpaired) electrons. The number of halogens is 4. The van der Waals surface area contributed by atoms with Crippen LogP contribution in [0.4, 0.5) is 18.9 Å². The molecular formula is C13H13ClF3NO4. The van der Waals surface area contributed by atoms with Gasteiger partial charge in [0.1, 0.15) is 5.38 Å². The molecule has 0 unspecified atom stereocenters. The molecule has 1 atom stereocenters. The molecule has 9 heteroatoms. The number of hydrogen-bond donors (Lipinski definition) is 1. The normalized spacial score (nSPS) is 12.5. The van der Waals surface area contributed by atoms with Crippen molar-refractivity contribution in [1.82, 2.24) is 0 Å². The van der Waals surface area contributed by atoms with Crippen molar-refractivity contribution in [1.29, 1.82) is 0 Å². The van der Waals surface area contributed by atoms with E-state index < -0.39 is 29.4 Å². The molecule has 22 heavy (non-hydrogen) atoms. The van der Waals surface area contributed by atoms with Crippen LogP contribution in [0, 0.1) is 0 Å². The second-order valence-corrected chi connectivity index (χ2v) is 4.74. The molecule has 0 aliphatic rings. The summed E-state index contributed by atoms with van der Waals surface area (Å²) in [7, 11) is 0. The Morgan fingerprint density at radius 2 is 2.00 bits per heavy atom. The first-order valence-corrected chi connectivity index (χ1v) is 6.59. The van der Waals surface area contributed by atoms with Gasteiger partial charge >= 0.3 is 12.3 Å². The molecule has 0 aliphatic carbocycles. The first-order chi connectivity index (χ1) is 10.1. The molecule has 0 aliphatic heterocycles. The van der Waals surface area contributed by atoms with Gasteiger partial charge in [0.25, 0.3) is 0 Å². The van der Waals surface area contributed by atoms with Gasteiger partial charge in [-0.1, -0.05) is 0 Å². The molecule has 0 heterocycles. The Bertz CT molecular complexity index is 561. The molecule has 1 N–H and O–H groups in total. The first kappa shape index (κ1) is 18.1. The van der Waals surface area contributed by atoms with Gasteiger partial charge in [-0.15, -0.1) is 24.8 Å². The molecule has 1 rings (SSSR count). The van der Waals surface area contributed by atoms with E-state index in [1.165, 1.54) is 6.92 Å². The molecule has 0 bridgehead atoms. The minimum Gasteiger partial charge on any atom is -0.462 e. The summed E-state index contributed by atoms with van der Waals surface area (Å²) < 4.78 is 45.6. The predicted molar refractivity (Wildman–Crippen MR) is 73.0 cm³/mol. The highest BCUT2D eigenvalue weighted by molar-refractivity contribution is 6.32. The monoisotopic (exact) mass is 339 g/mol. The van der Waals surface area contributed by atoms with Crippen LogP contribution in [0.25, 0.3) is 0 Å². The van der Waals surface area contributed by atoms with Gasteiger partial charge < -0.3 is 14.8 Å². The molecule has 0 fully saturated rings. The minimum atomic E-state index is -4.95. The lowest BCUT2D eigenvalue weighted by Gasteiger charge is -2.15. The average Bonchev–Trinajstić information content (AvgIpc) is 2.39. The van der Waals surface area contributed by atoms with E-state index in [2.05, 4.69) is 10.1 Å². The number of carbonyl (C=O) groups is 2. The molecule has 0 saturated heterocycles. The highest BCUT2D eigenvalue weighted by Gasteiger charge is 2.32. The molecule has 1 amide bonds. The van der Waals surface area contributed by atoms with Gasteiger partial charge in [-0.25, -0.2) is 4.79 Å². The molecule has 122 valence electrons. The Kier molecular flexibility index (Phi) is 6.04. The van der Waals surface area contributed by atoms with Crippen molar-refractivity contribution < 1.29 is 32.2 Å². The summed E-state index contributed by atoms with van der Waals surface area (Å²) in [6, 6.07) is 3.03. The van der Waals surface area contributed by atoms with Crippen LogP contribution in [0.2, 0.25) is 0 Å². The zero-order chi connectivity index (χ0) is 16.9. The molecule has 1 aromatic carbocycles. The van der Waals surface area contributed by atoms with Gasteiger partial charge in [0.05, 0.1) is 17.9 Å². The van der Waals surface area contributed by atoms with Gasteiger partial charge in [0.15, 0.2) is 5.75 Å². The molecular weight excluding hydrogens is 327 g/mol. The number of ether oxygens (including phenoxy) is 2. The van der Waals surface area contributed by atoms with Crippen LogP contribution < -0.4 is 10.1 Å². The van der Waals surface area contributed by atoms with Crippen LogP contribution in [0.1, 0.15) is 24.2 Å². The molecule has 1 aromatic rings. The van der Waals surface area contributed by atoms with Crippen molar-refractivity contribution in [3.8, 4) is 5.75 Å². The number of alkyl halides is 4. The third-order valence-electron chi connectivity index (χ3n) is 2.34. The zero-order valence-corrected chi connectivity index (χ0v) is 12.4. The summed E-state index contributed by atoms with van der Waals surface area (Å²) in [6.45, 7) is 3.02. The fourth-order valence-corrected chi connectivity index (χ4v) is 1.47. The summed E-state index contributed by atoms with van der Waals surface area (Å²) >= 11 is 5.55.